The van der Waals surface area contributed by atoms with Gasteiger partial charge in [0.25, 0.3) is 5.91 Å². The maximum Gasteiger partial charge on any atom is 0.287 e. The van der Waals surface area contributed by atoms with Crippen molar-refractivity contribution in [2.24, 2.45) is 0 Å². The van der Waals surface area contributed by atoms with Crippen molar-refractivity contribution in [3.8, 4) is 0 Å². The van der Waals surface area contributed by atoms with Gasteiger partial charge in [0.05, 0.1) is 19.3 Å². The van der Waals surface area contributed by atoms with Crippen LogP contribution >= 0.6 is 11.3 Å². The van der Waals surface area contributed by atoms with Gasteiger partial charge >= 0.3 is 0 Å². The third kappa shape index (κ3) is 4.02. The van der Waals surface area contributed by atoms with Gasteiger partial charge in [-0.15, -0.1) is 11.3 Å². The SMILES string of the molecule is CCc1ccc(C(=O)NCC(c2cccs2)N2CCOCC2)o1. The Morgan fingerprint density at radius 3 is 2.83 bits per heavy atom. The smallest absolute Gasteiger partial charge is 0.287 e. The van der Waals surface area contributed by atoms with Crippen LogP contribution in [0.2, 0.25) is 0 Å². The Kier molecular flexibility index (Phi) is 5.48. The zero-order valence-electron chi connectivity index (χ0n) is 13.3. The summed E-state index contributed by atoms with van der Waals surface area (Å²) < 4.78 is 11.0. The van der Waals surface area contributed by atoms with Crippen LogP contribution in [0.3, 0.4) is 0 Å². The average molecular weight is 334 g/mol. The number of hydrogen-bond donors (Lipinski definition) is 1. The minimum absolute atomic E-state index is 0.153. The summed E-state index contributed by atoms with van der Waals surface area (Å²) in [5, 5.41) is 5.09. The molecule has 2 aromatic heterocycles. The van der Waals surface area contributed by atoms with Crippen molar-refractivity contribution < 1.29 is 13.9 Å². The Hall–Kier alpha value is -1.63. The van der Waals surface area contributed by atoms with Crippen molar-refractivity contribution in [2.45, 2.75) is 19.4 Å². The van der Waals surface area contributed by atoms with Crippen LogP contribution in [-0.2, 0) is 11.2 Å². The lowest BCUT2D eigenvalue weighted by atomic mass is 10.2. The second-order valence-corrected chi connectivity index (χ2v) is 6.49. The Morgan fingerprint density at radius 1 is 1.35 bits per heavy atom. The zero-order chi connectivity index (χ0) is 16.1. The van der Waals surface area contributed by atoms with Gasteiger partial charge in [-0.1, -0.05) is 13.0 Å². The molecule has 0 radical (unpaired) electrons. The largest absolute Gasteiger partial charge is 0.456 e. The highest BCUT2D eigenvalue weighted by Crippen LogP contribution is 2.25. The summed E-state index contributed by atoms with van der Waals surface area (Å²) in [6.07, 6.45) is 0.791. The second-order valence-electron chi connectivity index (χ2n) is 5.51. The third-order valence-electron chi connectivity index (χ3n) is 4.05. The Labute approximate surface area is 140 Å². The van der Waals surface area contributed by atoms with Crippen LogP contribution in [0.25, 0.3) is 0 Å². The monoisotopic (exact) mass is 334 g/mol. The summed E-state index contributed by atoms with van der Waals surface area (Å²) >= 11 is 1.72. The fourth-order valence-corrected chi connectivity index (χ4v) is 3.61. The maximum atomic E-state index is 12.3. The number of amides is 1. The fraction of sp³-hybridized carbons (Fsp3) is 0.471. The number of hydrogen-bond acceptors (Lipinski definition) is 5. The molecule has 3 rings (SSSR count). The summed E-state index contributed by atoms with van der Waals surface area (Å²) in [4.78, 5) is 15.9. The number of nitrogens with one attached hydrogen (secondary N) is 1. The predicted molar refractivity (Wildman–Crippen MR) is 89.9 cm³/mol. The number of carbonyl (C=O) groups is 1. The molecule has 0 spiro atoms. The van der Waals surface area contributed by atoms with Crippen molar-refractivity contribution in [1.82, 2.24) is 10.2 Å². The second kappa shape index (κ2) is 7.77. The topological polar surface area (TPSA) is 54.7 Å². The van der Waals surface area contributed by atoms with Crippen molar-refractivity contribution in [2.75, 3.05) is 32.8 Å². The molecule has 1 atom stereocenters. The minimum Gasteiger partial charge on any atom is -0.456 e. The number of furan rings is 1. The van der Waals surface area contributed by atoms with E-state index >= 15 is 0 Å². The highest BCUT2D eigenvalue weighted by atomic mass is 32.1. The van der Waals surface area contributed by atoms with Crippen molar-refractivity contribution in [3.05, 3.63) is 46.0 Å². The van der Waals surface area contributed by atoms with E-state index in [1.165, 1.54) is 4.88 Å². The number of thiophene rings is 1. The van der Waals surface area contributed by atoms with Gasteiger partial charge in [-0.2, -0.15) is 0 Å². The summed E-state index contributed by atoms with van der Waals surface area (Å²) in [6.45, 7) is 5.84. The van der Waals surface area contributed by atoms with Crippen LogP contribution in [0.5, 0.6) is 0 Å². The van der Waals surface area contributed by atoms with E-state index in [0.29, 0.717) is 12.3 Å². The van der Waals surface area contributed by atoms with Gasteiger partial charge < -0.3 is 14.5 Å². The van der Waals surface area contributed by atoms with Crippen molar-refractivity contribution in [1.29, 1.82) is 0 Å². The van der Waals surface area contributed by atoms with E-state index < -0.39 is 0 Å². The maximum absolute atomic E-state index is 12.3. The molecule has 124 valence electrons. The van der Waals surface area contributed by atoms with E-state index in [2.05, 4.69) is 27.7 Å². The molecule has 1 fully saturated rings. The standard InChI is InChI=1S/C17H22N2O3S/c1-2-13-5-6-15(22-13)17(20)18-12-14(16-4-3-11-23-16)19-7-9-21-10-8-19/h3-6,11,14H,2,7-10,12H2,1H3,(H,18,20). The molecule has 0 bridgehead atoms. The summed E-state index contributed by atoms with van der Waals surface area (Å²) in [6, 6.07) is 7.95. The quantitative estimate of drug-likeness (QED) is 0.882. The van der Waals surface area contributed by atoms with Gasteiger partial charge in [0, 0.05) is 30.9 Å². The lowest BCUT2D eigenvalue weighted by Crippen LogP contribution is -2.43. The molecule has 1 aliphatic heterocycles. The van der Waals surface area contributed by atoms with Gasteiger partial charge in [0.1, 0.15) is 5.76 Å². The number of ether oxygens (including phenoxy) is 1. The molecule has 1 saturated heterocycles. The average Bonchev–Trinajstić information content (AvgIpc) is 3.27. The predicted octanol–water partition coefficient (Wildman–Crippen LogP) is 2.71. The number of morpholine rings is 1. The molecule has 23 heavy (non-hydrogen) atoms. The van der Waals surface area contributed by atoms with Gasteiger partial charge in [0.15, 0.2) is 5.76 Å². The van der Waals surface area contributed by atoms with E-state index in [-0.39, 0.29) is 11.9 Å². The molecule has 5 nitrogen and oxygen atoms in total. The number of rotatable bonds is 6. The molecule has 1 N–H and O–H groups in total. The lowest BCUT2D eigenvalue weighted by Gasteiger charge is -2.34. The van der Waals surface area contributed by atoms with E-state index in [4.69, 9.17) is 9.15 Å². The van der Waals surface area contributed by atoms with Crippen LogP contribution in [0.4, 0.5) is 0 Å². The van der Waals surface area contributed by atoms with Crippen LogP contribution in [0, 0.1) is 0 Å². The molecular weight excluding hydrogens is 312 g/mol. The fourth-order valence-electron chi connectivity index (χ4n) is 2.75. The zero-order valence-corrected chi connectivity index (χ0v) is 14.1. The van der Waals surface area contributed by atoms with E-state index in [0.717, 1.165) is 38.5 Å². The van der Waals surface area contributed by atoms with Gasteiger partial charge in [-0.25, -0.2) is 0 Å². The molecule has 2 aromatic rings. The Bertz CT molecular complexity index is 618. The molecular formula is C17H22N2O3S. The van der Waals surface area contributed by atoms with Crippen LogP contribution in [-0.4, -0.2) is 43.7 Å². The number of nitrogens with zero attached hydrogens (tertiary/aromatic N) is 1. The van der Waals surface area contributed by atoms with Crippen molar-refractivity contribution in [3.63, 3.8) is 0 Å². The molecule has 1 unspecified atom stereocenters. The number of aryl methyl sites for hydroxylation is 1. The highest BCUT2D eigenvalue weighted by molar-refractivity contribution is 7.10. The summed E-state index contributed by atoms with van der Waals surface area (Å²) in [7, 11) is 0. The van der Waals surface area contributed by atoms with Gasteiger partial charge in [0.2, 0.25) is 0 Å². The van der Waals surface area contributed by atoms with Gasteiger partial charge in [-0.05, 0) is 23.6 Å². The van der Waals surface area contributed by atoms with Crippen LogP contribution in [0.15, 0.2) is 34.1 Å². The summed E-state index contributed by atoms with van der Waals surface area (Å²) in [5.74, 6) is 1.06. The van der Waals surface area contributed by atoms with Crippen LogP contribution in [0.1, 0.15) is 34.2 Å². The minimum atomic E-state index is -0.153. The molecule has 1 amide bonds. The lowest BCUT2D eigenvalue weighted by molar-refractivity contribution is 0.0168. The summed E-state index contributed by atoms with van der Waals surface area (Å²) in [5.41, 5.74) is 0. The normalized spacial score (nSPS) is 17.1. The Balaban J connectivity index is 1.65. The Morgan fingerprint density at radius 2 is 2.17 bits per heavy atom. The molecule has 3 heterocycles. The van der Waals surface area contributed by atoms with E-state index in [1.54, 1.807) is 17.4 Å². The first-order chi connectivity index (χ1) is 11.3. The molecule has 0 aromatic carbocycles. The van der Waals surface area contributed by atoms with E-state index in [9.17, 15) is 4.79 Å². The highest BCUT2D eigenvalue weighted by Gasteiger charge is 2.24. The van der Waals surface area contributed by atoms with E-state index in [1.807, 2.05) is 13.0 Å². The molecule has 0 saturated carbocycles. The first kappa shape index (κ1) is 16.2. The third-order valence-corrected chi connectivity index (χ3v) is 5.02. The van der Waals surface area contributed by atoms with Crippen LogP contribution < -0.4 is 5.32 Å². The molecule has 1 aliphatic rings. The first-order valence-electron chi connectivity index (χ1n) is 8.00. The first-order valence-corrected chi connectivity index (χ1v) is 8.88. The molecule has 6 heteroatoms. The van der Waals surface area contributed by atoms with Gasteiger partial charge in [-0.3, -0.25) is 9.69 Å². The number of carbonyl (C=O) groups excluding carboxylic acids is 1. The molecule has 0 aliphatic carbocycles. The van der Waals surface area contributed by atoms with Crippen molar-refractivity contribution >= 4 is 17.2 Å².